The SMILES string of the molecule is CCOC(=O)CC(CC(=O)OCC)c1nc(C)no1. The van der Waals surface area contributed by atoms with Crippen molar-refractivity contribution in [1.82, 2.24) is 10.1 Å². The molecule has 19 heavy (non-hydrogen) atoms. The second kappa shape index (κ2) is 7.50. The van der Waals surface area contributed by atoms with E-state index in [1.807, 2.05) is 0 Å². The third-order valence-corrected chi connectivity index (χ3v) is 2.33. The van der Waals surface area contributed by atoms with Crippen LogP contribution in [0.1, 0.15) is 44.3 Å². The smallest absolute Gasteiger partial charge is 0.306 e. The highest BCUT2D eigenvalue weighted by atomic mass is 16.5. The minimum absolute atomic E-state index is 0.00822. The molecule has 0 spiro atoms. The van der Waals surface area contributed by atoms with Gasteiger partial charge in [-0.3, -0.25) is 9.59 Å². The molecule has 0 unspecified atom stereocenters. The molecule has 7 nitrogen and oxygen atoms in total. The maximum atomic E-state index is 11.5. The normalized spacial score (nSPS) is 10.5. The number of rotatable bonds is 7. The fourth-order valence-corrected chi connectivity index (χ4v) is 1.57. The van der Waals surface area contributed by atoms with Crippen molar-refractivity contribution in [3.05, 3.63) is 11.7 Å². The molecule has 0 radical (unpaired) electrons. The number of nitrogens with zero attached hydrogens (tertiary/aromatic N) is 2. The highest BCUT2D eigenvalue weighted by Gasteiger charge is 2.26. The van der Waals surface area contributed by atoms with Crippen LogP contribution in [-0.4, -0.2) is 35.3 Å². The number of aryl methyl sites for hydroxylation is 1. The Labute approximate surface area is 111 Å². The first-order chi connectivity index (χ1) is 9.06. The summed E-state index contributed by atoms with van der Waals surface area (Å²) in [6.45, 7) is 5.67. The molecule has 1 aromatic heterocycles. The molecule has 0 amide bonds. The molecular weight excluding hydrogens is 252 g/mol. The van der Waals surface area contributed by atoms with E-state index in [4.69, 9.17) is 14.0 Å². The van der Waals surface area contributed by atoms with Crippen LogP contribution in [0.4, 0.5) is 0 Å². The van der Waals surface area contributed by atoms with Crippen molar-refractivity contribution in [2.24, 2.45) is 0 Å². The molecule has 0 bridgehead atoms. The number of aromatic nitrogens is 2. The van der Waals surface area contributed by atoms with E-state index in [-0.39, 0.29) is 31.9 Å². The van der Waals surface area contributed by atoms with Gasteiger partial charge >= 0.3 is 11.9 Å². The fraction of sp³-hybridized carbons (Fsp3) is 0.667. The molecule has 0 N–H and O–H groups in total. The van der Waals surface area contributed by atoms with Gasteiger partial charge in [0.25, 0.3) is 0 Å². The Kier molecular flexibility index (Phi) is 5.98. The van der Waals surface area contributed by atoms with Gasteiger partial charge in [0.15, 0.2) is 5.82 Å². The van der Waals surface area contributed by atoms with Crippen LogP contribution < -0.4 is 0 Å². The first-order valence-corrected chi connectivity index (χ1v) is 6.18. The lowest BCUT2D eigenvalue weighted by Crippen LogP contribution is -2.16. The molecule has 0 saturated carbocycles. The molecule has 0 saturated heterocycles. The molecule has 1 aromatic rings. The van der Waals surface area contributed by atoms with Gasteiger partial charge in [0.05, 0.1) is 32.0 Å². The lowest BCUT2D eigenvalue weighted by atomic mass is 10.0. The average molecular weight is 270 g/mol. The molecule has 106 valence electrons. The molecule has 1 rings (SSSR count). The van der Waals surface area contributed by atoms with Gasteiger partial charge in [0, 0.05) is 0 Å². The van der Waals surface area contributed by atoms with E-state index < -0.39 is 17.9 Å². The third-order valence-electron chi connectivity index (χ3n) is 2.33. The monoisotopic (exact) mass is 270 g/mol. The summed E-state index contributed by atoms with van der Waals surface area (Å²) >= 11 is 0. The van der Waals surface area contributed by atoms with Crippen LogP contribution in [0.15, 0.2) is 4.52 Å². The van der Waals surface area contributed by atoms with Crippen LogP contribution in [-0.2, 0) is 19.1 Å². The van der Waals surface area contributed by atoms with Gasteiger partial charge in [0.1, 0.15) is 0 Å². The lowest BCUT2D eigenvalue weighted by Gasteiger charge is -2.11. The Morgan fingerprint density at radius 2 is 1.68 bits per heavy atom. The fourth-order valence-electron chi connectivity index (χ4n) is 1.57. The summed E-state index contributed by atoms with van der Waals surface area (Å²) in [6.07, 6.45) is 0.0164. The van der Waals surface area contributed by atoms with E-state index >= 15 is 0 Å². The van der Waals surface area contributed by atoms with Crippen molar-refractivity contribution < 1.29 is 23.6 Å². The lowest BCUT2D eigenvalue weighted by molar-refractivity contribution is -0.145. The minimum atomic E-state index is -0.515. The van der Waals surface area contributed by atoms with Gasteiger partial charge in [0.2, 0.25) is 5.89 Å². The topological polar surface area (TPSA) is 91.5 Å². The Morgan fingerprint density at radius 1 is 1.16 bits per heavy atom. The van der Waals surface area contributed by atoms with Crippen LogP contribution in [0.25, 0.3) is 0 Å². The van der Waals surface area contributed by atoms with Gasteiger partial charge < -0.3 is 14.0 Å². The molecule has 0 fully saturated rings. The van der Waals surface area contributed by atoms with E-state index in [1.165, 1.54) is 0 Å². The zero-order valence-corrected chi connectivity index (χ0v) is 11.3. The first-order valence-electron chi connectivity index (χ1n) is 6.18. The van der Waals surface area contributed by atoms with Crippen molar-refractivity contribution in [3.63, 3.8) is 0 Å². The zero-order chi connectivity index (χ0) is 14.3. The van der Waals surface area contributed by atoms with Crippen LogP contribution in [0, 0.1) is 6.92 Å². The number of ether oxygens (including phenoxy) is 2. The van der Waals surface area contributed by atoms with Gasteiger partial charge in [-0.2, -0.15) is 4.98 Å². The molecule has 0 aliphatic heterocycles. The highest BCUT2D eigenvalue weighted by Crippen LogP contribution is 2.23. The summed E-state index contributed by atoms with van der Waals surface area (Å²) in [4.78, 5) is 27.1. The number of esters is 2. The predicted octanol–water partition coefficient (Wildman–Crippen LogP) is 1.37. The molecule has 0 aliphatic carbocycles. The number of hydrogen-bond acceptors (Lipinski definition) is 7. The molecule has 7 heteroatoms. The summed E-state index contributed by atoms with van der Waals surface area (Å²) in [7, 11) is 0. The quantitative estimate of drug-likeness (QED) is 0.691. The Bertz CT molecular complexity index is 410. The van der Waals surface area contributed by atoms with Crippen molar-refractivity contribution in [2.45, 2.75) is 39.5 Å². The maximum absolute atomic E-state index is 11.5. The predicted molar refractivity (Wildman–Crippen MR) is 64.3 cm³/mol. The van der Waals surface area contributed by atoms with Crippen molar-refractivity contribution in [2.75, 3.05) is 13.2 Å². The largest absolute Gasteiger partial charge is 0.466 e. The number of hydrogen-bond donors (Lipinski definition) is 0. The summed E-state index contributed by atoms with van der Waals surface area (Å²) in [5.41, 5.74) is 0. The van der Waals surface area contributed by atoms with E-state index in [2.05, 4.69) is 10.1 Å². The Morgan fingerprint density at radius 3 is 2.05 bits per heavy atom. The van der Waals surface area contributed by atoms with Crippen LogP contribution in [0.5, 0.6) is 0 Å². The van der Waals surface area contributed by atoms with Gasteiger partial charge in [-0.15, -0.1) is 0 Å². The third kappa shape index (κ3) is 5.07. The van der Waals surface area contributed by atoms with Crippen molar-refractivity contribution >= 4 is 11.9 Å². The van der Waals surface area contributed by atoms with E-state index in [1.54, 1.807) is 20.8 Å². The van der Waals surface area contributed by atoms with Crippen molar-refractivity contribution in [3.8, 4) is 0 Å². The Hall–Kier alpha value is -1.92. The van der Waals surface area contributed by atoms with E-state index in [0.717, 1.165) is 0 Å². The van der Waals surface area contributed by atoms with Gasteiger partial charge in [-0.25, -0.2) is 0 Å². The summed E-state index contributed by atoms with van der Waals surface area (Å²) in [6, 6.07) is 0. The van der Waals surface area contributed by atoms with Crippen molar-refractivity contribution in [1.29, 1.82) is 0 Å². The molecule has 1 heterocycles. The molecule has 0 aromatic carbocycles. The van der Waals surface area contributed by atoms with Crippen LogP contribution >= 0.6 is 0 Å². The van der Waals surface area contributed by atoms with E-state index in [0.29, 0.717) is 5.82 Å². The molecule has 0 aliphatic rings. The summed E-state index contributed by atoms with van der Waals surface area (Å²) < 4.78 is 14.7. The highest BCUT2D eigenvalue weighted by molar-refractivity contribution is 5.74. The Balaban J connectivity index is 2.73. The van der Waals surface area contributed by atoms with Crippen LogP contribution in [0.2, 0.25) is 0 Å². The first kappa shape index (κ1) is 15.1. The number of carbonyl (C=O) groups is 2. The minimum Gasteiger partial charge on any atom is -0.466 e. The second-order valence-electron chi connectivity index (χ2n) is 3.90. The van der Waals surface area contributed by atoms with E-state index in [9.17, 15) is 9.59 Å². The van der Waals surface area contributed by atoms with Gasteiger partial charge in [-0.1, -0.05) is 5.16 Å². The summed E-state index contributed by atoms with van der Waals surface area (Å²) in [5.74, 6) is -0.633. The standard InChI is InChI=1S/C12H18N2O5/c1-4-17-10(15)6-9(7-11(16)18-5-2)12-13-8(3)14-19-12/h9H,4-7H2,1-3H3. The van der Waals surface area contributed by atoms with Crippen LogP contribution in [0.3, 0.4) is 0 Å². The molecule has 0 atom stereocenters. The number of carbonyl (C=O) groups excluding carboxylic acids is 2. The maximum Gasteiger partial charge on any atom is 0.306 e. The second-order valence-corrected chi connectivity index (χ2v) is 3.90. The molecular formula is C12H18N2O5. The average Bonchev–Trinajstić information content (AvgIpc) is 2.75. The zero-order valence-electron chi connectivity index (χ0n) is 11.3. The van der Waals surface area contributed by atoms with Gasteiger partial charge in [-0.05, 0) is 20.8 Å². The summed E-state index contributed by atoms with van der Waals surface area (Å²) in [5, 5.41) is 3.65.